The molecule has 0 atom stereocenters. The van der Waals surface area contributed by atoms with Crippen LogP contribution in [0.3, 0.4) is 0 Å². The highest BCUT2D eigenvalue weighted by atomic mass is 32.3. The summed E-state index contributed by atoms with van der Waals surface area (Å²) in [4.78, 5) is 0. The molecule has 0 aliphatic rings. The van der Waals surface area contributed by atoms with E-state index in [0.717, 1.165) is 12.8 Å². The van der Waals surface area contributed by atoms with Gasteiger partial charge in [0.2, 0.25) is 0 Å². The van der Waals surface area contributed by atoms with Gasteiger partial charge in [-0.3, -0.25) is 0 Å². The van der Waals surface area contributed by atoms with E-state index in [0.29, 0.717) is 51.1 Å². The Hall–Kier alpha value is -0.210. The van der Waals surface area contributed by atoms with Crippen molar-refractivity contribution in [3.63, 3.8) is 0 Å². The lowest BCUT2D eigenvalue weighted by molar-refractivity contribution is 0.101. The van der Waals surface area contributed by atoms with Gasteiger partial charge < -0.3 is 9.47 Å². The molecule has 0 amide bonds. The van der Waals surface area contributed by atoms with Crippen LogP contribution in [-0.4, -0.2) is 48.1 Å². The standard InChI is InChI=1S/C16H34O6S/c1-15(2)7-13-19-9-5-11-21-23(17,18)22-12-6-10-20-14-8-16(3)4/h15-16H,5-14H2,1-4H3. The molecule has 0 N–H and O–H groups in total. The highest BCUT2D eigenvalue weighted by molar-refractivity contribution is 7.81. The molecule has 0 aliphatic heterocycles. The number of ether oxygens (including phenoxy) is 2. The predicted molar refractivity (Wildman–Crippen MR) is 90.6 cm³/mol. The topological polar surface area (TPSA) is 71.1 Å². The normalized spacial score (nSPS) is 12.4. The molecule has 23 heavy (non-hydrogen) atoms. The third-order valence-corrected chi connectivity index (χ3v) is 3.91. The van der Waals surface area contributed by atoms with Crippen LogP contribution in [0, 0.1) is 11.8 Å². The van der Waals surface area contributed by atoms with Crippen LogP contribution in [0.2, 0.25) is 0 Å². The van der Waals surface area contributed by atoms with Gasteiger partial charge in [0.1, 0.15) is 0 Å². The monoisotopic (exact) mass is 354 g/mol. The van der Waals surface area contributed by atoms with E-state index in [1.165, 1.54) is 0 Å². The van der Waals surface area contributed by atoms with Gasteiger partial charge in [-0.25, -0.2) is 8.37 Å². The summed E-state index contributed by atoms with van der Waals surface area (Å²) in [6, 6.07) is 0. The predicted octanol–water partition coefficient (Wildman–Crippen LogP) is 3.17. The third-order valence-electron chi connectivity index (χ3n) is 3.00. The lowest BCUT2D eigenvalue weighted by Gasteiger charge is -2.08. The Morgan fingerprint density at radius 3 is 1.39 bits per heavy atom. The summed E-state index contributed by atoms with van der Waals surface area (Å²) in [6.07, 6.45) is 3.06. The van der Waals surface area contributed by atoms with E-state index < -0.39 is 10.4 Å². The van der Waals surface area contributed by atoms with Crippen molar-refractivity contribution in [2.24, 2.45) is 11.8 Å². The summed E-state index contributed by atoms with van der Waals surface area (Å²) in [5.41, 5.74) is 0. The van der Waals surface area contributed by atoms with Gasteiger partial charge in [-0.2, -0.15) is 8.42 Å². The Morgan fingerprint density at radius 1 is 0.652 bits per heavy atom. The van der Waals surface area contributed by atoms with Crippen LogP contribution in [0.5, 0.6) is 0 Å². The van der Waals surface area contributed by atoms with Crippen LogP contribution >= 0.6 is 0 Å². The maximum atomic E-state index is 11.5. The zero-order valence-corrected chi connectivity index (χ0v) is 15.9. The molecule has 0 rings (SSSR count). The number of hydrogen-bond acceptors (Lipinski definition) is 6. The fourth-order valence-corrected chi connectivity index (χ4v) is 2.23. The van der Waals surface area contributed by atoms with Crippen molar-refractivity contribution in [2.75, 3.05) is 39.6 Å². The summed E-state index contributed by atoms with van der Waals surface area (Å²) >= 11 is 0. The van der Waals surface area contributed by atoms with Crippen molar-refractivity contribution in [3.8, 4) is 0 Å². The Morgan fingerprint density at radius 2 is 1.04 bits per heavy atom. The van der Waals surface area contributed by atoms with Crippen LogP contribution in [0.1, 0.15) is 53.4 Å². The van der Waals surface area contributed by atoms with Gasteiger partial charge in [-0.1, -0.05) is 27.7 Å². The molecule has 0 radical (unpaired) electrons. The molecule has 0 aromatic heterocycles. The first-order chi connectivity index (χ1) is 10.8. The van der Waals surface area contributed by atoms with E-state index in [-0.39, 0.29) is 13.2 Å². The van der Waals surface area contributed by atoms with Crippen molar-refractivity contribution in [1.82, 2.24) is 0 Å². The van der Waals surface area contributed by atoms with Gasteiger partial charge in [0.05, 0.1) is 13.2 Å². The van der Waals surface area contributed by atoms with Crippen molar-refractivity contribution < 1.29 is 26.3 Å². The first-order valence-corrected chi connectivity index (χ1v) is 9.86. The van der Waals surface area contributed by atoms with E-state index in [1.54, 1.807) is 0 Å². The summed E-state index contributed by atoms with van der Waals surface area (Å²) < 4.78 is 43.2. The highest BCUT2D eigenvalue weighted by Gasteiger charge is 2.11. The SMILES string of the molecule is CC(C)CCOCCCOS(=O)(=O)OCCCOCCC(C)C. The van der Waals surface area contributed by atoms with Crippen LogP contribution in [0.25, 0.3) is 0 Å². The Kier molecular flexibility index (Phi) is 14.0. The molecule has 7 heteroatoms. The van der Waals surface area contributed by atoms with Crippen molar-refractivity contribution in [2.45, 2.75) is 53.4 Å². The molecule has 0 aromatic carbocycles. The van der Waals surface area contributed by atoms with E-state index in [9.17, 15) is 8.42 Å². The molecular formula is C16H34O6S. The molecule has 0 bridgehead atoms. The van der Waals surface area contributed by atoms with Crippen molar-refractivity contribution in [3.05, 3.63) is 0 Å². The van der Waals surface area contributed by atoms with Crippen LogP contribution in [0.4, 0.5) is 0 Å². The quantitative estimate of drug-likeness (QED) is 0.397. The summed E-state index contributed by atoms with van der Waals surface area (Å²) in [6.45, 7) is 11.0. The molecule has 0 unspecified atom stereocenters. The molecule has 0 aliphatic carbocycles. The highest BCUT2D eigenvalue weighted by Crippen LogP contribution is 2.02. The molecule has 6 nitrogen and oxygen atoms in total. The third kappa shape index (κ3) is 18.0. The fourth-order valence-electron chi connectivity index (χ4n) is 1.52. The fraction of sp³-hybridized carbons (Fsp3) is 1.00. The van der Waals surface area contributed by atoms with Crippen LogP contribution < -0.4 is 0 Å². The van der Waals surface area contributed by atoms with E-state index in [2.05, 4.69) is 27.7 Å². The van der Waals surface area contributed by atoms with Crippen molar-refractivity contribution in [1.29, 1.82) is 0 Å². The smallest absolute Gasteiger partial charge is 0.381 e. The van der Waals surface area contributed by atoms with E-state index in [1.807, 2.05) is 0 Å². The van der Waals surface area contributed by atoms with Gasteiger partial charge in [0, 0.05) is 26.4 Å². The van der Waals surface area contributed by atoms with Crippen LogP contribution in [0.15, 0.2) is 0 Å². The maximum absolute atomic E-state index is 11.5. The minimum atomic E-state index is -3.91. The van der Waals surface area contributed by atoms with Gasteiger partial charge >= 0.3 is 10.4 Å². The van der Waals surface area contributed by atoms with Crippen LogP contribution in [-0.2, 0) is 28.2 Å². The molecule has 0 saturated carbocycles. The lowest BCUT2D eigenvalue weighted by Crippen LogP contribution is -2.14. The second-order valence-corrected chi connectivity index (χ2v) is 7.64. The Balaban J connectivity index is 3.44. The second kappa shape index (κ2) is 14.2. The largest absolute Gasteiger partial charge is 0.399 e. The summed E-state index contributed by atoms with van der Waals surface area (Å²) in [5, 5.41) is 0. The zero-order chi connectivity index (χ0) is 17.6. The molecule has 0 heterocycles. The first kappa shape index (κ1) is 22.8. The van der Waals surface area contributed by atoms with Crippen molar-refractivity contribution >= 4 is 10.4 Å². The first-order valence-electron chi connectivity index (χ1n) is 8.52. The Bertz CT molecular complexity index is 326. The molecule has 0 spiro atoms. The maximum Gasteiger partial charge on any atom is 0.399 e. The molecular weight excluding hydrogens is 320 g/mol. The Labute approximate surface area is 142 Å². The minimum absolute atomic E-state index is 0.0783. The molecule has 0 fully saturated rings. The van der Waals surface area contributed by atoms with E-state index >= 15 is 0 Å². The second-order valence-electron chi connectivity index (χ2n) is 6.35. The molecule has 140 valence electrons. The number of hydrogen-bond donors (Lipinski definition) is 0. The van der Waals surface area contributed by atoms with Gasteiger partial charge in [0.25, 0.3) is 0 Å². The van der Waals surface area contributed by atoms with E-state index in [4.69, 9.17) is 17.8 Å². The lowest BCUT2D eigenvalue weighted by atomic mass is 10.1. The van der Waals surface area contributed by atoms with Gasteiger partial charge in [-0.05, 0) is 37.5 Å². The summed E-state index contributed by atoms with van der Waals surface area (Å²) in [7, 11) is -3.91. The average molecular weight is 355 g/mol. The summed E-state index contributed by atoms with van der Waals surface area (Å²) in [5.74, 6) is 1.21. The zero-order valence-electron chi connectivity index (χ0n) is 15.1. The molecule has 0 saturated heterocycles. The van der Waals surface area contributed by atoms with Gasteiger partial charge in [-0.15, -0.1) is 0 Å². The van der Waals surface area contributed by atoms with Gasteiger partial charge in [0.15, 0.2) is 0 Å². The minimum Gasteiger partial charge on any atom is -0.381 e. The average Bonchev–Trinajstić information content (AvgIpc) is 2.44. The number of rotatable bonds is 16. The molecule has 0 aromatic rings.